The number of phosphoric ester groups is 1. The highest BCUT2D eigenvalue weighted by molar-refractivity contribution is 7.66. The average molecular weight is 1270 g/mol. The first-order valence-electron chi connectivity index (χ1n) is 29.7. The number of nitrogens with zero attached hydrogens (tertiary/aromatic N) is 6. The molecular weight excluding hydrogens is 1190 g/mol. The van der Waals surface area contributed by atoms with E-state index in [1.54, 1.807) is 11.9 Å². The summed E-state index contributed by atoms with van der Waals surface area (Å²) in [5.41, 5.74) is 16.4. The molecule has 5 aromatic rings. The minimum Gasteiger partial charge on any atom is -0.387 e. The third-order valence-corrected chi connectivity index (χ3v) is 21.4. The number of nitrogen functional groups attached to an aromatic ring is 1. The lowest BCUT2D eigenvalue weighted by molar-refractivity contribution is -0.121. The van der Waals surface area contributed by atoms with Gasteiger partial charge in [0, 0.05) is 85.8 Å². The lowest BCUT2D eigenvalue weighted by Gasteiger charge is -2.48. The molecule has 1 aliphatic carbocycles. The summed E-state index contributed by atoms with van der Waals surface area (Å²) in [5.74, 6) is -0.246. The summed E-state index contributed by atoms with van der Waals surface area (Å²) in [6.45, 7) is 17.2. The number of nitrogens with two attached hydrogens (primary N) is 1. The van der Waals surface area contributed by atoms with E-state index in [4.69, 9.17) is 20.3 Å². The lowest BCUT2D eigenvalue weighted by Crippen LogP contribution is -2.50. The maximum atomic E-state index is 14.9. The second kappa shape index (κ2) is 24.9. The molecule has 3 unspecified atom stereocenters. The van der Waals surface area contributed by atoms with Crippen LogP contribution in [0.5, 0.6) is 0 Å². The second-order valence-electron chi connectivity index (χ2n) is 24.5. The smallest absolute Gasteiger partial charge is 0.387 e. The van der Waals surface area contributed by atoms with Crippen molar-refractivity contribution in [3.8, 4) is 0 Å². The molecule has 6 heterocycles. The number of unbranched alkanes of at least 4 members (excludes halogenated alkanes) is 3. The Morgan fingerprint density at radius 3 is 2.36 bits per heavy atom. The topological polar surface area (TPSA) is 367 Å². The van der Waals surface area contributed by atoms with Gasteiger partial charge in [-0.05, 0) is 128 Å². The van der Waals surface area contributed by atoms with Crippen molar-refractivity contribution in [3.05, 3.63) is 108 Å². The molecule has 87 heavy (non-hydrogen) atoms. The molecule has 29 heteroatoms. The Bertz CT molecular complexity index is 3860. The van der Waals surface area contributed by atoms with Crippen LogP contribution in [0, 0.1) is 0 Å². The molecule has 0 radical (unpaired) electrons. The molecule has 26 nitrogen and oxygen atoms in total. The van der Waals surface area contributed by atoms with E-state index in [1.165, 1.54) is 49.6 Å². The molecule has 0 saturated carbocycles. The maximum absolute atomic E-state index is 14.9. The summed E-state index contributed by atoms with van der Waals surface area (Å²) in [5, 5.41) is 30.7. The molecule has 7 atom stereocenters. The highest BCUT2D eigenvalue weighted by Crippen LogP contribution is 2.66. The van der Waals surface area contributed by atoms with E-state index in [0.717, 1.165) is 73.9 Å². The van der Waals surface area contributed by atoms with Crippen molar-refractivity contribution in [2.75, 3.05) is 68.9 Å². The minimum absolute atomic E-state index is 0.00248. The van der Waals surface area contributed by atoms with E-state index < -0.39 is 60.2 Å². The van der Waals surface area contributed by atoms with E-state index in [9.17, 15) is 48.1 Å². The van der Waals surface area contributed by atoms with Crippen molar-refractivity contribution in [2.24, 2.45) is 0 Å². The molecule has 2 aromatic heterocycles. The first-order chi connectivity index (χ1) is 41.0. The zero-order chi connectivity index (χ0) is 62.7. The Morgan fingerprint density at radius 2 is 1.63 bits per heavy atom. The van der Waals surface area contributed by atoms with Gasteiger partial charge in [0.2, 0.25) is 23.2 Å². The number of nitrogens with one attached hydrogen (secondary N) is 3. The third-order valence-electron chi connectivity index (χ3n) is 17.6. The van der Waals surface area contributed by atoms with Gasteiger partial charge in [0.15, 0.2) is 17.4 Å². The van der Waals surface area contributed by atoms with E-state index in [-0.39, 0.29) is 58.8 Å². The third kappa shape index (κ3) is 13.2. The van der Waals surface area contributed by atoms with Gasteiger partial charge in [-0.1, -0.05) is 51.8 Å². The summed E-state index contributed by atoms with van der Waals surface area (Å²) in [6.07, 6.45) is 1.76. The molecule has 3 aromatic carbocycles. The van der Waals surface area contributed by atoms with Crippen molar-refractivity contribution < 1.29 is 71.0 Å². The molecule has 11 N–H and O–H groups in total. The number of carbonyl (C=O) groups excluding carboxylic acids is 2. The number of ether oxygens (including phenoxy) is 1. The zero-order valence-corrected chi connectivity index (χ0v) is 52.7. The number of aliphatic hydroxyl groups is 2. The predicted molar refractivity (Wildman–Crippen MR) is 325 cm³/mol. The highest BCUT2D eigenvalue weighted by Gasteiger charge is 2.49. The second-order valence-corrected chi connectivity index (χ2v) is 28.9. The Balaban J connectivity index is 0.754. The zero-order valence-electron chi connectivity index (χ0n) is 50.0. The van der Waals surface area contributed by atoms with Crippen LogP contribution in [0.4, 0.5) is 17.6 Å². The fourth-order valence-electron chi connectivity index (χ4n) is 13.9. The molecule has 0 spiro atoms. The van der Waals surface area contributed by atoms with Crippen LogP contribution in [0.1, 0.15) is 161 Å². The summed E-state index contributed by atoms with van der Waals surface area (Å²) in [6, 6.07) is 15.5. The van der Waals surface area contributed by atoms with Crippen LogP contribution < -0.4 is 42.0 Å². The Labute approximate surface area is 503 Å². The van der Waals surface area contributed by atoms with Gasteiger partial charge >= 0.3 is 23.5 Å². The number of fused-ring (bicyclic) bond motifs is 5. The molecule has 4 aliphatic heterocycles. The number of hydrogen-bond acceptors (Lipinski definition) is 17. The largest absolute Gasteiger partial charge is 0.490 e. The molecular formula is C58H80N10O16P3+. The highest BCUT2D eigenvalue weighted by atomic mass is 31.3. The number of hydrogen-bond donors (Lipinski definition) is 10. The Kier molecular flexibility index (Phi) is 18.4. The first kappa shape index (κ1) is 64.3. The SMILES string of the molecule is CCN1c2cc3c(cc2C(C)CC1(C)C)C(c1ccccc1C(=O)N(C)CCCC(=O)NCCCCCCNc1nc2c(=O)[nH]c(N)nc2n1[C@@H]1O[C@H](COP(=O)(O)OP(=O)(O)OP(=O)(O)O)[C@@H](O)[C@H]1O)=c1cc2c4c(c1C3(C)C)CCC[N+]=4CCC2. The quantitative estimate of drug-likeness (QED) is 0.0241. The molecule has 472 valence electrons. The fraction of sp³-hybridized carbons (Fsp3) is 0.552. The normalized spacial score (nSPS) is 22.4. The number of carbonyl (C=O) groups is 2. The maximum Gasteiger partial charge on any atom is 0.490 e. The molecule has 1 saturated heterocycles. The van der Waals surface area contributed by atoms with Gasteiger partial charge in [-0.15, -0.1) is 0 Å². The van der Waals surface area contributed by atoms with Crippen LogP contribution in [-0.2, 0) is 54.6 Å². The van der Waals surface area contributed by atoms with Crippen molar-refractivity contribution >= 4 is 69.6 Å². The van der Waals surface area contributed by atoms with Gasteiger partial charge in [0.05, 0.1) is 6.61 Å². The van der Waals surface area contributed by atoms with Crippen LogP contribution in [0.25, 0.3) is 16.7 Å². The molecule has 10 rings (SSSR count). The number of aryl methyl sites for hydroxylation is 1. The standard InChI is InChI=1S/C58H79N10O16P3/c1-8-67-42-30-41-39(29-38(42)33(2)31-57(67,3)4)45(40-28-34-18-15-26-66-27-16-21-37(48(34)66)46(40)58(41,5)6)35-19-11-12-20-36(35)53(73)65(7)25-17-22-44(69)60-23-13-9-10-14-24-61-56-62-47-51(63-55(59)64-52(47)72)68(56)54-50(71)49(70)43(82-54)32-81-86(77,78)84-87(79,80)83-85(74,75)76/h11-12,19-20,28-30,33,43,49-50,54,70-71H,8-10,13-18,21-27,31-32H2,1-7H3,(H8,59,60,64,69,72,73,74,75,76,77,78,79,80)/p+1/t33?,43-,49-,50-,54-/m1/s1. The van der Waals surface area contributed by atoms with Gasteiger partial charge in [-0.3, -0.25) is 28.5 Å². The number of aromatic amines is 1. The van der Waals surface area contributed by atoms with Crippen LogP contribution in [0.15, 0.2) is 47.3 Å². The number of phosphoric acid groups is 3. The van der Waals surface area contributed by atoms with Crippen molar-refractivity contribution in [3.63, 3.8) is 0 Å². The van der Waals surface area contributed by atoms with Crippen LogP contribution in [-0.4, -0.2) is 143 Å². The summed E-state index contributed by atoms with van der Waals surface area (Å²) in [4.78, 5) is 93.0. The lowest BCUT2D eigenvalue weighted by atomic mass is 9.64. The molecule has 0 bridgehead atoms. The average Bonchev–Trinajstić information content (AvgIpc) is 1.31. The van der Waals surface area contributed by atoms with Crippen molar-refractivity contribution in [2.45, 2.75) is 154 Å². The van der Waals surface area contributed by atoms with Crippen molar-refractivity contribution in [1.82, 2.24) is 34.3 Å². The fourth-order valence-corrected chi connectivity index (χ4v) is 16.9. The van der Waals surface area contributed by atoms with Crippen LogP contribution >= 0.6 is 23.5 Å². The van der Waals surface area contributed by atoms with Crippen LogP contribution in [0.2, 0.25) is 0 Å². The number of amides is 2. The number of imidazole rings is 1. The molecule has 1 fully saturated rings. The van der Waals surface area contributed by atoms with E-state index in [0.29, 0.717) is 50.3 Å². The number of anilines is 3. The number of aliphatic hydroxyl groups excluding tert-OH is 2. The van der Waals surface area contributed by atoms with E-state index in [2.05, 4.69) is 114 Å². The Morgan fingerprint density at radius 1 is 0.920 bits per heavy atom. The summed E-state index contributed by atoms with van der Waals surface area (Å²) >= 11 is 0. The number of benzene rings is 3. The predicted octanol–water partition coefficient (Wildman–Crippen LogP) is 4.69. The number of aromatic nitrogens is 4. The van der Waals surface area contributed by atoms with Gasteiger partial charge in [-0.2, -0.15) is 13.6 Å². The molecule has 2 amide bonds. The Hall–Kier alpha value is -5.69. The summed E-state index contributed by atoms with van der Waals surface area (Å²) < 4.78 is 56.7. The molecule has 5 aliphatic rings. The van der Waals surface area contributed by atoms with Gasteiger partial charge in [-0.25, -0.2) is 23.3 Å². The first-order valence-corrected chi connectivity index (χ1v) is 34.2. The van der Waals surface area contributed by atoms with Crippen LogP contribution in [0.3, 0.4) is 0 Å². The monoisotopic (exact) mass is 1270 g/mol. The summed E-state index contributed by atoms with van der Waals surface area (Å²) in [7, 11) is -15.3. The van der Waals surface area contributed by atoms with Gasteiger partial charge < -0.3 is 60.7 Å². The van der Waals surface area contributed by atoms with E-state index >= 15 is 0 Å². The van der Waals surface area contributed by atoms with Gasteiger partial charge in [0.1, 0.15) is 31.4 Å². The van der Waals surface area contributed by atoms with E-state index in [1.807, 2.05) is 18.2 Å². The van der Waals surface area contributed by atoms with Gasteiger partial charge in [0.25, 0.3) is 11.5 Å². The minimum atomic E-state index is -5.85. The van der Waals surface area contributed by atoms with Crippen molar-refractivity contribution in [1.29, 1.82) is 0 Å². The number of rotatable bonds is 23. The number of H-pyrrole nitrogens is 1.